The minimum absolute atomic E-state index is 0.340. The average Bonchev–Trinajstić information content (AvgIpc) is 2.95. The van der Waals surface area contributed by atoms with E-state index in [0.717, 1.165) is 18.8 Å². The number of carbonyl (C=O) groups excluding carboxylic acids is 1. The third kappa shape index (κ3) is 9.16. The van der Waals surface area contributed by atoms with Crippen LogP contribution in [0, 0.1) is 5.92 Å². The SMILES string of the molecule is COCC(CCCNC(=O)OC(C)(C)C)N[C@H](C)C1CCCC1. The van der Waals surface area contributed by atoms with Crippen molar-refractivity contribution >= 4 is 6.09 Å². The van der Waals surface area contributed by atoms with Crippen LogP contribution in [0.15, 0.2) is 0 Å². The topological polar surface area (TPSA) is 59.6 Å². The van der Waals surface area contributed by atoms with Gasteiger partial charge in [-0.05, 0) is 59.3 Å². The molecule has 0 spiro atoms. The third-order valence-electron chi connectivity index (χ3n) is 4.37. The zero-order chi connectivity index (χ0) is 17.3. The Bertz CT molecular complexity index is 336. The van der Waals surface area contributed by atoms with Gasteiger partial charge in [-0.3, -0.25) is 0 Å². The minimum Gasteiger partial charge on any atom is -0.444 e. The summed E-state index contributed by atoms with van der Waals surface area (Å²) in [6, 6.07) is 0.882. The molecular weight excluding hydrogens is 292 g/mol. The van der Waals surface area contributed by atoms with Gasteiger partial charge in [0.15, 0.2) is 0 Å². The fourth-order valence-electron chi connectivity index (χ4n) is 3.23. The van der Waals surface area contributed by atoms with E-state index in [1.165, 1.54) is 25.7 Å². The van der Waals surface area contributed by atoms with Crippen LogP contribution in [0.5, 0.6) is 0 Å². The van der Waals surface area contributed by atoms with Crippen LogP contribution < -0.4 is 10.6 Å². The largest absolute Gasteiger partial charge is 0.444 e. The minimum atomic E-state index is -0.444. The van der Waals surface area contributed by atoms with E-state index in [2.05, 4.69) is 17.6 Å². The Labute approximate surface area is 141 Å². The number of hydrogen-bond donors (Lipinski definition) is 2. The molecule has 1 rings (SSSR count). The zero-order valence-electron chi connectivity index (χ0n) is 15.6. The maximum atomic E-state index is 11.6. The number of methoxy groups -OCH3 is 1. The monoisotopic (exact) mass is 328 g/mol. The highest BCUT2D eigenvalue weighted by Crippen LogP contribution is 2.27. The van der Waals surface area contributed by atoms with E-state index in [9.17, 15) is 4.79 Å². The lowest BCUT2D eigenvalue weighted by molar-refractivity contribution is 0.0525. The molecule has 5 heteroatoms. The second kappa shape index (κ2) is 10.1. The summed E-state index contributed by atoms with van der Waals surface area (Å²) >= 11 is 0. The molecule has 136 valence electrons. The Balaban J connectivity index is 2.23. The molecule has 0 heterocycles. The maximum absolute atomic E-state index is 11.6. The molecule has 1 amide bonds. The summed E-state index contributed by atoms with van der Waals surface area (Å²) in [6.07, 6.45) is 6.98. The van der Waals surface area contributed by atoms with Gasteiger partial charge in [-0.25, -0.2) is 4.79 Å². The Hall–Kier alpha value is -0.810. The maximum Gasteiger partial charge on any atom is 0.407 e. The Morgan fingerprint density at radius 2 is 1.91 bits per heavy atom. The zero-order valence-corrected chi connectivity index (χ0v) is 15.6. The molecular formula is C18H36N2O3. The summed E-state index contributed by atoms with van der Waals surface area (Å²) < 4.78 is 10.6. The van der Waals surface area contributed by atoms with Gasteiger partial charge in [-0.1, -0.05) is 12.8 Å². The fourth-order valence-corrected chi connectivity index (χ4v) is 3.23. The predicted octanol–water partition coefficient (Wildman–Crippen LogP) is 3.47. The number of hydrogen-bond acceptors (Lipinski definition) is 4. The summed E-state index contributed by atoms with van der Waals surface area (Å²) in [6.45, 7) is 9.25. The summed E-state index contributed by atoms with van der Waals surface area (Å²) in [4.78, 5) is 11.6. The number of ether oxygens (including phenoxy) is 2. The van der Waals surface area contributed by atoms with Crippen molar-refractivity contribution in [3.63, 3.8) is 0 Å². The molecule has 1 aliphatic rings. The summed E-state index contributed by atoms with van der Waals surface area (Å²) in [7, 11) is 1.74. The first-order valence-corrected chi connectivity index (χ1v) is 9.03. The predicted molar refractivity (Wildman–Crippen MR) is 93.7 cm³/mol. The highest BCUT2D eigenvalue weighted by molar-refractivity contribution is 5.67. The quantitative estimate of drug-likeness (QED) is 0.636. The van der Waals surface area contributed by atoms with Gasteiger partial charge in [0.05, 0.1) is 6.61 Å². The van der Waals surface area contributed by atoms with E-state index in [1.807, 2.05) is 20.8 Å². The Kier molecular flexibility index (Phi) is 8.92. The van der Waals surface area contributed by atoms with E-state index in [-0.39, 0.29) is 6.09 Å². The van der Waals surface area contributed by atoms with Crippen molar-refractivity contribution in [1.29, 1.82) is 0 Å². The summed E-state index contributed by atoms with van der Waals surface area (Å²) in [5, 5.41) is 6.53. The first-order valence-electron chi connectivity index (χ1n) is 9.03. The number of alkyl carbamates (subject to hydrolysis) is 1. The molecule has 0 aromatic rings. The fraction of sp³-hybridized carbons (Fsp3) is 0.944. The molecule has 1 aliphatic carbocycles. The van der Waals surface area contributed by atoms with E-state index in [4.69, 9.17) is 9.47 Å². The average molecular weight is 328 g/mol. The van der Waals surface area contributed by atoms with E-state index >= 15 is 0 Å². The summed E-state index contributed by atoms with van der Waals surface area (Å²) in [5.41, 5.74) is -0.444. The molecule has 0 aromatic heterocycles. The van der Waals surface area contributed by atoms with Gasteiger partial charge in [-0.2, -0.15) is 0 Å². The number of rotatable bonds is 9. The van der Waals surface area contributed by atoms with Gasteiger partial charge < -0.3 is 20.1 Å². The van der Waals surface area contributed by atoms with E-state index in [1.54, 1.807) is 7.11 Å². The lowest BCUT2D eigenvalue weighted by Crippen LogP contribution is -2.43. The third-order valence-corrected chi connectivity index (χ3v) is 4.37. The van der Waals surface area contributed by atoms with Crippen LogP contribution in [0.4, 0.5) is 4.79 Å². The van der Waals surface area contributed by atoms with Crippen molar-refractivity contribution in [2.45, 2.75) is 83.9 Å². The van der Waals surface area contributed by atoms with Crippen molar-refractivity contribution < 1.29 is 14.3 Å². The van der Waals surface area contributed by atoms with Crippen molar-refractivity contribution in [1.82, 2.24) is 10.6 Å². The molecule has 1 saturated carbocycles. The second-order valence-corrected chi connectivity index (χ2v) is 7.72. The lowest BCUT2D eigenvalue weighted by Gasteiger charge is -2.27. The molecule has 0 radical (unpaired) electrons. The van der Waals surface area contributed by atoms with Gasteiger partial charge in [0.1, 0.15) is 5.60 Å². The smallest absolute Gasteiger partial charge is 0.407 e. The van der Waals surface area contributed by atoms with Crippen LogP contribution in [-0.2, 0) is 9.47 Å². The van der Waals surface area contributed by atoms with Crippen LogP contribution in [0.25, 0.3) is 0 Å². The van der Waals surface area contributed by atoms with Gasteiger partial charge in [0.25, 0.3) is 0 Å². The van der Waals surface area contributed by atoms with Crippen molar-refractivity contribution in [2.75, 3.05) is 20.3 Å². The van der Waals surface area contributed by atoms with Crippen molar-refractivity contribution in [3.8, 4) is 0 Å². The van der Waals surface area contributed by atoms with Crippen LogP contribution in [0.2, 0.25) is 0 Å². The number of nitrogens with one attached hydrogen (secondary N) is 2. The van der Waals surface area contributed by atoms with Crippen LogP contribution >= 0.6 is 0 Å². The lowest BCUT2D eigenvalue weighted by atomic mass is 9.98. The van der Waals surface area contributed by atoms with Crippen LogP contribution in [0.1, 0.15) is 66.2 Å². The summed E-state index contributed by atoms with van der Waals surface area (Å²) in [5.74, 6) is 0.800. The molecule has 0 saturated heterocycles. The van der Waals surface area contributed by atoms with Crippen LogP contribution in [-0.4, -0.2) is 44.0 Å². The molecule has 1 unspecified atom stereocenters. The molecule has 0 bridgehead atoms. The highest BCUT2D eigenvalue weighted by Gasteiger charge is 2.23. The molecule has 23 heavy (non-hydrogen) atoms. The molecule has 2 N–H and O–H groups in total. The van der Waals surface area contributed by atoms with Crippen LogP contribution in [0.3, 0.4) is 0 Å². The van der Waals surface area contributed by atoms with Gasteiger partial charge >= 0.3 is 6.09 Å². The van der Waals surface area contributed by atoms with Crippen molar-refractivity contribution in [3.05, 3.63) is 0 Å². The van der Waals surface area contributed by atoms with Crippen molar-refractivity contribution in [2.24, 2.45) is 5.92 Å². The highest BCUT2D eigenvalue weighted by atomic mass is 16.6. The second-order valence-electron chi connectivity index (χ2n) is 7.72. The standard InChI is InChI=1S/C18H36N2O3/c1-14(15-9-6-7-10-15)20-16(13-22-5)11-8-12-19-17(21)23-18(2,3)4/h14-16,20H,6-13H2,1-5H3,(H,19,21)/t14-,16?/m1/s1. The Morgan fingerprint density at radius 3 is 2.48 bits per heavy atom. The molecule has 0 aromatic carbocycles. The normalized spacial score (nSPS) is 18.7. The van der Waals surface area contributed by atoms with Gasteiger partial charge in [0, 0.05) is 25.7 Å². The van der Waals surface area contributed by atoms with Gasteiger partial charge in [-0.15, -0.1) is 0 Å². The molecule has 5 nitrogen and oxygen atoms in total. The molecule has 1 fully saturated rings. The first-order chi connectivity index (χ1) is 10.8. The molecule has 0 aliphatic heterocycles. The number of amides is 1. The van der Waals surface area contributed by atoms with E-state index in [0.29, 0.717) is 25.2 Å². The van der Waals surface area contributed by atoms with E-state index < -0.39 is 5.60 Å². The first kappa shape index (κ1) is 20.2. The Morgan fingerprint density at radius 1 is 1.26 bits per heavy atom. The molecule has 2 atom stereocenters. The van der Waals surface area contributed by atoms with Gasteiger partial charge in [0.2, 0.25) is 0 Å². The number of carbonyl (C=O) groups is 1.